The molecule has 0 aromatic heterocycles. The van der Waals surface area contributed by atoms with E-state index in [1.54, 1.807) is 0 Å². The number of hydrogen-bond acceptors (Lipinski definition) is 8. The zero-order valence-electron chi connectivity index (χ0n) is 17.1. The molecule has 0 radical (unpaired) electrons. The Kier molecular flexibility index (Phi) is 44.9. The molecule has 27 heavy (non-hydrogen) atoms. The molecule has 5 N–H and O–H groups in total. The molecule has 0 saturated heterocycles. The maximum atomic E-state index is 10.0. The van der Waals surface area contributed by atoms with Crippen molar-refractivity contribution in [2.45, 2.75) is 47.5 Å². The van der Waals surface area contributed by atoms with Crippen molar-refractivity contribution in [3.05, 3.63) is 23.7 Å². The molecule has 0 amide bonds. The van der Waals surface area contributed by atoms with Crippen LogP contribution < -0.4 is 0 Å². The molecule has 160 valence electrons. The van der Waals surface area contributed by atoms with Crippen molar-refractivity contribution < 1.29 is 66.1 Å². The van der Waals surface area contributed by atoms with Gasteiger partial charge in [-0.15, -0.1) is 0 Å². The first-order chi connectivity index (χ1) is 12.1. The third kappa shape index (κ3) is 78.0. The molecule has 0 aromatic carbocycles. The van der Waals surface area contributed by atoms with Crippen LogP contribution in [-0.2, 0) is 40.5 Å². The van der Waals surface area contributed by atoms with Gasteiger partial charge in [-0.05, 0) is 34.1 Å². The summed E-state index contributed by atoms with van der Waals surface area (Å²) >= 11 is 0. The van der Waals surface area contributed by atoms with Crippen molar-refractivity contribution in [1.29, 1.82) is 0 Å². The van der Waals surface area contributed by atoms with E-state index in [0.717, 1.165) is 12.8 Å². The van der Waals surface area contributed by atoms with E-state index >= 15 is 0 Å². The number of rotatable bonds is 8. The fourth-order valence-electron chi connectivity index (χ4n) is 0.978. The van der Waals surface area contributed by atoms with Crippen molar-refractivity contribution in [3.8, 4) is 0 Å². The SMILES string of the molecule is CC(=O)C=C(C)O.CC(=O)C=C(C)O.CCCCO.OCCOCCO.[Zr]. The van der Waals surface area contributed by atoms with Crippen LogP contribution in [0.4, 0.5) is 0 Å². The number of unbranched alkanes of at least 4 members (excludes halogenated alkanes) is 1. The Labute approximate surface area is 181 Å². The van der Waals surface area contributed by atoms with Crippen molar-refractivity contribution in [3.63, 3.8) is 0 Å². The predicted octanol–water partition coefficient (Wildman–Crippen LogP) is 1.84. The second-order valence-electron chi connectivity index (χ2n) is 4.93. The third-order valence-corrected chi connectivity index (χ3v) is 1.81. The zero-order valence-corrected chi connectivity index (χ0v) is 19.5. The minimum absolute atomic E-state index is 0. The molecule has 0 unspecified atom stereocenters. The van der Waals surface area contributed by atoms with Crippen LogP contribution in [0.2, 0.25) is 0 Å². The molecule has 0 saturated carbocycles. The monoisotopic (exact) mass is 470 g/mol. The summed E-state index contributed by atoms with van der Waals surface area (Å²) < 4.78 is 4.63. The smallest absolute Gasteiger partial charge is 0.155 e. The summed E-state index contributed by atoms with van der Waals surface area (Å²) in [6.45, 7) is 8.79. The van der Waals surface area contributed by atoms with Crippen LogP contribution in [0, 0.1) is 0 Å². The Bertz CT molecular complexity index is 340. The Morgan fingerprint density at radius 1 is 0.778 bits per heavy atom. The van der Waals surface area contributed by atoms with Crippen LogP contribution in [0.3, 0.4) is 0 Å². The summed E-state index contributed by atoms with van der Waals surface area (Å²) in [6, 6.07) is 0. The quantitative estimate of drug-likeness (QED) is 0.205. The zero-order chi connectivity index (χ0) is 21.4. The largest absolute Gasteiger partial charge is 0.512 e. The van der Waals surface area contributed by atoms with Crippen molar-refractivity contribution in [2.24, 2.45) is 0 Å². The summed E-state index contributed by atoms with van der Waals surface area (Å²) in [5, 5.41) is 41.0. The van der Waals surface area contributed by atoms with Gasteiger partial charge in [0.15, 0.2) is 11.6 Å². The summed E-state index contributed by atoms with van der Waals surface area (Å²) in [4.78, 5) is 20.0. The maximum absolute atomic E-state index is 10.0. The van der Waals surface area contributed by atoms with E-state index in [0.29, 0.717) is 19.8 Å². The fourth-order valence-corrected chi connectivity index (χ4v) is 0.978. The van der Waals surface area contributed by atoms with Crippen LogP contribution in [0.15, 0.2) is 23.7 Å². The standard InChI is InChI=1S/2C5H8O2.C4H10O3.C4H10O.Zr/c2*1-4(6)3-5(2)7;5-1-3-7-4-2-6;1-2-3-4-5;/h2*3,6H,1-2H3;5-6H,1-4H2;5H,2-4H2,1H3;. The fraction of sp³-hybridized carbons (Fsp3) is 0.667. The second-order valence-corrected chi connectivity index (χ2v) is 4.93. The third-order valence-electron chi connectivity index (χ3n) is 1.81. The summed E-state index contributed by atoms with van der Waals surface area (Å²) in [5.41, 5.74) is 0. The van der Waals surface area contributed by atoms with Gasteiger partial charge in [0.1, 0.15) is 0 Å². The van der Waals surface area contributed by atoms with E-state index in [2.05, 4.69) is 11.7 Å². The number of aliphatic hydroxyl groups excluding tert-OH is 5. The molecule has 9 heteroatoms. The number of ketones is 2. The van der Waals surface area contributed by atoms with Gasteiger partial charge in [0.05, 0.1) is 37.9 Å². The number of ether oxygens (including phenoxy) is 1. The number of hydrogen-bond donors (Lipinski definition) is 5. The van der Waals surface area contributed by atoms with Gasteiger partial charge in [-0.1, -0.05) is 13.3 Å². The van der Waals surface area contributed by atoms with Gasteiger partial charge in [-0.2, -0.15) is 0 Å². The van der Waals surface area contributed by atoms with Gasteiger partial charge >= 0.3 is 0 Å². The molecule has 0 aliphatic rings. The first kappa shape index (κ1) is 37.0. The summed E-state index contributed by atoms with van der Waals surface area (Å²) in [6.07, 6.45) is 4.37. The predicted molar refractivity (Wildman–Crippen MR) is 101 cm³/mol. The van der Waals surface area contributed by atoms with Gasteiger partial charge in [0.2, 0.25) is 0 Å². The molecule has 0 spiro atoms. The average molecular weight is 472 g/mol. The van der Waals surface area contributed by atoms with Crippen molar-refractivity contribution in [2.75, 3.05) is 33.0 Å². The van der Waals surface area contributed by atoms with E-state index in [-0.39, 0.29) is 62.5 Å². The molecular weight excluding hydrogens is 435 g/mol. The molecule has 0 aliphatic carbocycles. The summed E-state index contributed by atoms with van der Waals surface area (Å²) in [5.74, 6) is -0.125. The molecule has 8 nitrogen and oxygen atoms in total. The molecule has 0 heterocycles. The van der Waals surface area contributed by atoms with Crippen LogP contribution in [0.5, 0.6) is 0 Å². The molecule has 0 atom stereocenters. The topological polar surface area (TPSA) is 145 Å². The Morgan fingerprint density at radius 2 is 1.11 bits per heavy atom. The summed E-state index contributed by atoms with van der Waals surface area (Å²) in [7, 11) is 0. The van der Waals surface area contributed by atoms with Gasteiger partial charge in [-0.25, -0.2) is 0 Å². The van der Waals surface area contributed by atoms with Crippen LogP contribution in [0.1, 0.15) is 47.5 Å². The molecule has 0 aliphatic heterocycles. The minimum atomic E-state index is -0.125. The van der Waals surface area contributed by atoms with Crippen LogP contribution in [0.25, 0.3) is 0 Å². The van der Waals surface area contributed by atoms with Gasteiger partial charge < -0.3 is 30.3 Å². The molecule has 0 aromatic rings. The first-order valence-electron chi connectivity index (χ1n) is 8.24. The second kappa shape index (κ2) is 32.8. The minimum Gasteiger partial charge on any atom is -0.512 e. The first-order valence-corrected chi connectivity index (χ1v) is 8.24. The van der Waals surface area contributed by atoms with E-state index in [1.807, 2.05) is 0 Å². The number of carbonyl (C=O) groups excluding carboxylic acids is 2. The van der Waals surface area contributed by atoms with Crippen LogP contribution >= 0.6 is 0 Å². The van der Waals surface area contributed by atoms with Crippen molar-refractivity contribution >= 4 is 11.6 Å². The number of allylic oxidation sites excluding steroid dienone is 4. The molecule has 0 bridgehead atoms. The van der Waals surface area contributed by atoms with E-state index < -0.39 is 0 Å². The Morgan fingerprint density at radius 3 is 1.19 bits per heavy atom. The van der Waals surface area contributed by atoms with E-state index in [1.165, 1.54) is 39.8 Å². The van der Waals surface area contributed by atoms with Gasteiger partial charge in [0.25, 0.3) is 0 Å². The average Bonchev–Trinajstić information content (AvgIpc) is 2.47. The van der Waals surface area contributed by atoms with Gasteiger partial charge in [0, 0.05) is 45.0 Å². The molecule has 0 rings (SSSR count). The maximum Gasteiger partial charge on any atom is 0.155 e. The number of carbonyl (C=O) groups is 2. The van der Waals surface area contributed by atoms with Gasteiger partial charge in [-0.3, -0.25) is 9.59 Å². The van der Waals surface area contributed by atoms with E-state index in [4.69, 9.17) is 25.5 Å². The van der Waals surface area contributed by atoms with E-state index in [9.17, 15) is 9.59 Å². The van der Waals surface area contributed by atoms with Crippen molar-refractivity contribution in [1.82, 2.24) is 0 Å². The number of aliphatic hydroxyl groups is 5. The Balaban J connectivity index is -0.0000000793. The Hall–Kier alpha value is -0.857. The normalized spacial score (nSPS) is 9.93. The molecular formula is C18H36O8Zr. The van der Waals surface area contributed by atoms with Crippen LogP contribution in [-0.4, -0.2) is 70.1 Å². The molecule has 0 fully saturated rings.